The molecule has 4 aromatic rings. The van der Waals surface area contributed by atoms with Crippen LogP contribution in [0.1, 0.15) is 11.1 Å². The second-order valence-corrected chi connectivity index (χ2v) is 10.6. The molecule has 4 rings (SSSR count). The summed E-state index contributed by atoms with van der Waals surface area (Å²) in [7, 11) is -1.42. The van der Waals surface area contributed by atoms with Gasteiger partial charge in [-0.1, -0.05) is 60.7 Å². The molecule has 0 heterocycles. The van der Waals surface area contributed by atoms with Crippen molar-refractivity contribution >= 4 is 21.6 Å². The van der Waals surface area contributed by atoms with Gasteiger partial charge in [0, 0.05) is 19.2 Å². The van der Waals surface area contributed by atoms with Gasteiger partial charge in [0.05, 0.1) is 24.8 Å². The second-order valence-electron chi connectivity index (χ2n) is 8.73. The first-order valence-electron chi connectivity index (χ1n) is 12.2. The van der Waals surface area contributed by atoms with Crippen LogP contribution in [0.5, 0.6) is 11.5 Å². The maximum absolute atomic E-state index is 13.9. The lowest BCUT2D eigenvalue weighted by atomic mass is 10.1. The van der Waals surface area contributed by atoms with E-state index < -0.39 is 28.3 Å². The molecule has 4 aromatic carbocycles. The minimum atomic E-state index is -4.27. The van der Waals surface area contributed by atoms with Gasteiger partial charge < -0.3 is 14.4 Å². The number of rotatable bonds is 11. The van der Waals surface area contributed by atoms with Crippen LogP contribution in [-0.2, 0) is 27.9 Å². The summed E-state index contributed by atoms with van der Waals surface area (Å²) >= 11 is 0. The Morgan fingerprint density at radius 2 is 1.28 bits per heavy atom. The van der Waals surface area contributed by atoms with Gasteiger partial charge in [-0.25, -0.2) is 12.8 Å². The van der Waals surface area contributed by atoms with E-state index >= 15 is 0 Å². The molecule has 9 heteroatoms. The molecule has 0 fully saturated rings. The average Bonchev–Trinajstić information content (AvgIpc) is 2.96. The van der Waals surface area contributed by atoms with Crippen molar-refractivity contribution in [3.63, 3.8) is 0 Å². The molecule has 202 valence electrons. The molecule has 0 unspecified atom stereocenters. The smallest absolute Gasteiger partial charge is 0.264 e. The van der Waals surface area contributed by atoms with Crippen LogP contribution in [0.2, 0.25) is 0 Å². The van der Waals surface area contributed by atoms with E-state index in [-0.39, 0.29) is 29.4 Å². The number of nitrogens with zero attached hydrogens (tertiary/aromatic N) is 2. The van der Waals surface area contributed by atoms with Gasteiger partial charge in [0.25, 0.3) is 10.0 Å². The molecule has 0 saturated carbocycles. The molecule has 0 atom stereocenters. The third kappa shape index (κ3) is 6.74. The van der Waals surface area contributed by atoms with Crippen molar-refractivity contribution in [1.29, 1.82) is 0 Å². The Morgan fingerprint density at radius 1 is 0.744 bits per heavy atom. The number of anilines is 1. The predicted octanol–water partition coefficient (Wildman–Crippen LogP) is 5.27. The molecule has 0 spiro atoms. The fourth-order valence-electron chi connectivity index (χ4n) is 4.09. The number of carbonyl (C=O) groups excluding carboxylic acids is 1. The van der Waals surface area contributed by atoms with E-state index in [9.17, 15) is 17.6 Å². The van der Waals surface area contributed by atoms with Crippen LogP contribution in [0.25, 0.3) is 0 Å². The molecule has 0 aliphatic carbocycles. The largest absolute Gasteiger partial charge is 0.493 e. The normalized spacial score (nSPS) is 11.1. The number of methoxy groups -OCH3 is 2. The minimum Gasteiger partial charge on any atom is -0.493 e. The van der Waals surface area contributed by atoms with Crippen molar-refractivity contribution in [3.05, 3.63) is 120 Å². The van der Waals surface area contributed by atoms with Gasteiger partial charge in [-0.3, -0.25) is 9.10 Å². The number of hydrogen-bond acceptors (Lipinski definition) is 5. The third-order valence-electron chi connectivity index (χ3n) is 6.12. The molecule has 39 heavy (non-hydrogen) atoms. The van der Waals surface area contributed by atoms with E-state index in [0.29, 0.717) is 5.75 Å². The summed E-state index contributed by atoms with van der Waals surface area (Å²) in [6, 6.07) is 28.1. The van der Waals surface area contributed by atoms with E-state index in [1.165, 1.54) is 44.6 Å². The first-order valence-corrected chi connectivity index (χ1v) is 13.6. The summed E-state index contributed by atoms with van der Waals surface area (Å²) in [5.41, 5.74) is 1.95. The van der Waals surface area contributed by atoms with Crippen molar-refractivity contribution in [1.82, 2.24) is 4.90 Å². The van der Waals surface area contributed by atoms with E-state index in [4.69, 9.17) is 9.47 Å². The number of sulfonamides is 1. The van der Waals surface area contributed by atoms with Crippen LogP contribution < -0.4 is 13.8 Å². The van der Waals surface area contributed by atoms with Crippen LogP contribution in [0.15, 0.2) is 108 Å². The molecular weight excluding hydrogens is 519 g/mol. The molecule has 0 bridgehead atoms. The minimum absolute atomic E-state index is 0.102. The lowest BCUT2D eigenvalue weighted by Gasteiger charge is -2.29. The number of hydrogen-bond donors (Lipinski definition) is 0. The van der Waals surface area contributed by atoms with E-state index in [1.54, 1.807) is 4.90 Å². The highest BCUT2D eigenvalue weighted by molar-refractivity contribution is 7.92. The molecule has 0 aromatic heterocycles. The number of ether oxygens (including phenoxy) is 2. The fourth-order valence-corrected chi connectivity index (χ4v) is 5.52. The summed E-state index contributed by atoms with van der Waals surface area (Å²) in [5.74, 6) is -0.365. The molecule has 0 aliphatic rings. The summed E-state index contributed by atoms with van der Waals surface area (Å²) < 4.78 is 53.1. The number of carbonyl (C=O) groups is 1. The van der Waals surface area contributed by atoms with Crippen LogP contribution in [0.4, 0.5) is 10.1 Å². The van der Waals surface area contributed by atoms with Gasteiger partial charge >= 0.3 is 0 Å². The Labute approximate surface area is 228 Å². The summed E-state index contributed by atoms with van der Waals surface area (Å²) in [6.07, 6.45) is 0. The molecule has 0 saturated heterocycles. The van der Waals surface area contributed by atoms with E-state index in [0.717, 1.165) is 27.6 Å². The van der Waals surface area contributed by atoms with Crippen LogP contribution in [-0.4, -0.2) is 40.0 Å². The van der Waals surface area contributed by atoms with E-state index in [2.05, 4.69) is 0 Å². The highest BCUT2D eigenvalue weighted by atomic mass is 32.2. The van der Waals surface area contributed by atoms with Gasteiger partial charge in [-0.15, -0.1) is 0 Å². The topological polar surface area (TPSA) is 76.2 Å². The molecule has 0 radical (unpaired) electrons. The third-order valence-corrected chi connectivity index (χ3v) is 7.89. The maximum Gasteiger partial charge on any atom is 0.264 e. The van der Waals surface area contributed by atoms with Gasteiger partial charge in [-0.05, 0) is 47.5 Å². The summed E-state index contributed by atoms with van der Waals surface area (Å²) in [5, 5.41) is 0. The van der Waals surface area contributed by atoms with Crippen LogP contribution in [0, 0.1) is 5.82 Å². The highest BCUT2D eigenvalue weighted by Crippen LogP contribution is 2.32. The Bertz CT molecular complexity index is 1460. The lowest BCUT2D eigenvalue weighted by Crippen LogP contribution is -2.42. The number of halogens is 1. The zero-order valence-corrected chi connectivity index (χ0v) is 22.5. The van der Waals surface area contributed by atoms with Crippen molar-refractivity contribution < 1.29 is 27.1 Å². The Balaban J connectivity index is 1.72. The molecule has 0 aliphatic heterocycles. The zero-order chi connectivity index (χ0) is 27.8. The maximum atomic E-state index is 13.9. The van der Waals surface area contributed by atoms with Gasteiger partial charge in [0.2, 0.25) is 5.91 Å². The Morgan fingerprint density at radius 3 is 1.79 bits per heavy atom. The second kappa shape index (κ2) is 12.4. The fraction of sp³-hybridized carbons (Fsp3) is 0.167. The van der Waals surface area contributed by atoms with Crippen LogP contribution in [0.3, 0.4) is 0 Å². The quantitative estimate of drug-likeness (QED) is 0.255. The van der Waals surface area contributed by atoms with Crippen molar-refractivity contribution in [2.45, 2.75) is 18.0 Å². The van der Waals surface area contributed by atoms with Gasteiger partial charge in [0.15, 0.2) is 11.5 Å². The lowest BCUT2D eigenvalue weighted by molar-refractivity contribution is -0.130. The first-order chi connectivity index (χ1) is 18.8. The Hall–Kier alpha value is -4.37. The number of amides is 1. The van der Waals surface area contributed by atoms with Crippen molar-refractivity contribution in [3.8, 4) is 11.5 Å². The van der Waals surface area contributed by atoms with Gasteiger partial charge in [-0.2, -0.15) is 0 Å². The van der Waals surface area contributed by atoms with E-state index in [1.807, 2.05) is 60.7 Å². The standard InChI is InChI=1S/C30H29FN2O5S/c1-37-28-18-17-27(19-29(28)38-2)39(35,36)33(26-15-13-25(31)14-16-26)22-30(34)32(20-23-9-5-3-6-10-23)21-24-11-7-4-8-12-24/h3-19H,20-22H2,1-2H3. The number of benzene rings is 4. The molecular formula is C30H29FN2O5S. The van der Waals surface area contributed by atoms with Crippen LogP contribution >= 0.6 is 0 Å². The molecule has 1 amide bonds. The monoisotopic (exact) mass is 548 g/mol. The summed E-state index contributed by atoms with van der Waals surface area (Å²) in [6.45, 7) is 0.0619. The van der Waals surface area contributed by atoms with Gasteiger partial charge in [0.1, 0.15) is 12.4 Å². The molecule has 0 N–H and O–H groups in total. The zero-order valence-electron chi connectivity index (χ0n) is 21.7. The first kappa shape index (κ1) is 27.7. The predicted molar refractivity (Wildman–Crippen MR) is 148 cm³/mol. The summed E-state index contributed by atoms with van der Waals surface area (Å²) in [4.78, 5) is 15.3. The Kier molecular flexibility index (Phi) is 8.83. The highest BCUT2D eigenvalue weighted by Gasteiger charge is 2.30. The van der Waals surface area contributed by atoms with Crippen molar-refractivity contribution in [2.75, 3.05) is 25.1 Å². The van der Waals surface area contributed by atoms with Crippen molar-refractivity contribution in [2.24, 2.45) is 0 Å². The SMILES string of the molecule is COc1ccc(S(=O)(=O)N(CC(=O)N(Cc2ccccc2)Cc2ccccc2)c2ccc(F)cc2)cc1OC. The average molecular weight is 549 g/mol. The molecule has 7 nitrogen and oxygen atoms in total.